The first-order valence-electron chi connectivity index (χ1n) is 7.27. The first-order valence-corrected chi connectivity index (χ1v) is 7.68. The fourth-order valence-corrected chi connectivity index (χ4v) is 2.09. The molecule has 8 heteroatoms. The summed E-state index contributed by atoms with van der Waals surface area (Å²) >= 11 is 5.14. The monoisotopic (exact) mass is 365 g/mol. The van der Waals surface area contributed by atoms with Crippen LogP contribution in [0.1, 0.15) is 11.1 Å². The molecule has 0 atom stereocenters. The predicted molar refractivity (Wildman–Crippen MR) is 97.8 cm³/mol. The van der Waals surface area contributed by atoms with E-state index in [1.165, 1.54) is 25.5 Å². The molecule has 2 aromatic rings. The Balaban J connectivity index is 1.94. The lowest BCUT2D eigenvalue weighted by atomic mass is 10.2. The summed E-state index contributed by atoms with van der Waals surface area (Å²) in [6, 6.07) is 12.2. The van der Waals surface area contributed by atoms with E-state index in [0.717, 1.165) is 11.3 Å². The Labute approximate surface area is 149 Å². The molecular weight excluding hydrogens is 348 g/mol. The SMILES string of the molecule is COc1cc(/C=N\NC(=S)Nc2ccc(C)cc2)ccc1OC(F)F. The van der Waals surface area contributed by atoms with E-state index in [-0.39, 0.29) is 11.5 Å². The van der Waals surface area contributed by atoms with E-state index in [1.54, 1.807) is 6.07 Å². The van der Waals surface area contributed by atoms with Crippen molar-refractivity contribution in [3.8, 4) is 11.5 Å². The highest BCUT2D eigenvalue weighted by atomic mass is 32.1. The van der Waals surface area contributed by atoms with E-state index >= 15 is 0 Å². The van der Waals surface area contributed by atoms with Gasteiger partial charge in [-0.2, -0.15) is 13.9 Å². The molecule has 0 bridgehead atoms. The van der Waals surface area contributed by atoms with Crippen LogP contribution in [-0.2, 0) is 0 Å². The van der Waals surface area contributed by atoms with Crippen LogP contribution >= 0.6 is 12.2 Å². The van der Waals surface area contributed by atoms with Gasteiger partial charge < -0.3 is 14.8 Å². The number of anilines is 1. The summed E-state index contributed by atoms with van der Waals surface area (Å²) < 4.78 is 34.0. The van der Waals surface area contributed by atoms with Gasteiger partial charge in [-0.3, -0.25) is 5.43 Å². The van der Waals surface area contributed by atoms with Crippen LogP contribution < -0.4 is 20.2 Å². The number of rotatable bonds is 6. The molecule has 25 heavy (non-hydrogen) atoms. The van der Waals surface area contributed by atoms with Gasteiger partial charge in [-0.15, -0.1) is 0 Å². The average Bonchev–Trinajstić information content (AvgIpc) is 2.57. The van der Waals surface area contributed by atoms with Gasteiger partial charge in [0.1, 0.15) is 0 Å². The van der Waals surface area contributed by atoms with Crippen molar-refractivity contribution in [3.05, 3.63) is 53.6 Å². The lowest BCUT2D eigenvalue weighted by Gasteiger charge is -2.10. The standard InChI is InChI=1S/C17H17F2N3O2S/c1-11-3-6-13(7-4-11)21-17(25)22-20-10-12-5-8-14(24-16(18)19)15(9-12)23-2/h3-10,16H,1-2H3,(H2,21,22,25)/b20-10-. The van der Waals surface area contributed by atoms with Gasteiger partial charge in [0.2, 0.25) is 0 Å². The van der Waals surface area contributed by atoms with Crippen molar-refractivity contribution in [2.45, 2.75) is 13.5 Å². The summed E-state index contributed by atoms with van der Waals surface area (Å²) in [5, 5.41) is 7.31. The zero-order valence-electron chi connectivity index (χ0n) is 13.6. The van der Waals surface area contributed by atoms with Gasteiger partial charge in [-0.1, -0.05) is 17.7 Å². The van der Waals surface area contributed by atoms with Crippen LogP contribution in [0, 0.1) is 6.92 Å². The number of halogens is 2. The summed E-state index contributed by atoms with van der Waals surface area (Å²) in [7, 11) is 1.37. The van der Waals surface area contributed by atoms with E-state index in [1.807, 2.05) is 31.2 Å². The van der Waals surface area contributed by atoms with E-state index in [9.17, 15) is 8.78 Å². The molecule has 0 spiro atoms. The summed E-state index contributed by atoms with van der Waals surface area (Å²) in [4.78, 5) is 0. The molecule has 0 radical (unpaired) electrons. The van der Waals surface area contributed by atoms with Gasteiger partial charge in [0.05, 0.1) is 13.3 Å². The Morgan fingerprint density at radius 1 is 1.16 bits per heavy atom. The van der Waals surface area contributed by atoms with Crippen molar-refractivity contribution in [3.63, 3.8) is 0 Å². The molecule has 5 nitrogen and oxygen atoms in total. The van der Waals surface area contributed by atoms with Crippen molar-refractivity contribution in [1.82, 2.24) is 5.43 Å². The second-order valence-corrected chi connectivity index (χ2v) is 5.39. The maximum absolute atomic E-state index is 12.3. The van der Waals surface area contributed by atoms with Gasteiger partial charge in [0.25, 0.3) is 0 Å². The minimum atomic E-state index is -2.92. The number of benzene rings is 2. The molecule has 0 saturated heterocycles. The molecule has 0 aliphatic rings. The van der Waals surface area contributed by atoms with Crippen molar-refractivity contribution in [1.29, 1.82) is 0 Å². The smallest absolute Gasteiger partial charge is 0.387 e. The van der Waals surface area contributed by atoms with E-state index in [2.05, 4.69) is 20.6 Å². The van der Waals surface area contributed by atoms with Crippen LogP contribution in [0.2, 0.25) is 0 Å². The van der Waals surface area contributed by atoms with Crippen LogP contribution in [-0.4, -0.2) is 25.0 Å². The maximum atomic E-state index is 12.3. The third kappa shape index (κ3) is 6.00. The quantitative estimate of drug-likeness (QED) is 0.462. The molecule has 0 aliphatic heterocycles. The van der Waals surface area contributed by atoms with Gasteiger partial charge in [-0.25, -0.2) is 0 Å². The number of hydrazone groups is 1. The van der Waals surface area contributed by atoms with Crippen LogP contribution in [0.3, 0.4) is 0 Å². The Hall–Kier alpha value is -2.74. The largest absolute Gasteiger partial charge is 0.493 e. The number of hydrogen-bond donors (Lipinski definition) is 2. The van der Waals surface area contributed by atoms with Crippen molar-refractivity contribution < 1.29 is 18.3 Å². The van der Waals surface area contributed by atoms with Crippen LogP contribution in [0.15, 0.2) is 47.6 Å². The first-order chi connectivity index (χ1) is 12.0. The zero-order valence-corrected chi connectivity index (χ0v) is 14.4. The van der Waals surface area contributed by atoms with Gasteiger partial charge in [0.15, 0.2) is 16.6 Å². The lowest BCUT2D eigenvalue weighted by molar-refractivity contribution is -0.0512. The second kappa shape index (κ2) is 8.93. The minimum Gasteiger partial charge on any atom is -0.493 e. The average molecular weight is 365 g/mol. The Bertz CT molecular complexity index is 752. The van der Waals surface area contributed by atoms with Crippen LogP contribution in [0.4, 0.5) is 14.5 Å². The van der Waals surface area contributed by atoms with Crippen molar-refractivity contribution in [2.75, 3.05) is 12.4 Å². The molecule has 0 aromatic heterocycles. The molecule has 0 aliphatic carbocycles. The topological polar surface area (TPSA) is 54.9 Å². The number of methoxy groups -OCH3 is 1. The highest BCUT2D eigenvalue weighted by molar-refractivity contribution is 7.80. The summed E-state index contributed by atoms with van der Waals surface area (Å²) in [5.41, 5.74) is 5.29. The Morgan fingerprint density at radius 2 is 1.88 bits per heavy atom. The normalized spacial score (nSPS) is 10.8. The second-order valence-electron chi connectivity index (χ2n) is 4.98. The van der Waals surface area contributed by atoms with Crippen LogP contribution in [0.5, 0.6) is 11.5 Å². The number of thiocarbonyl (C=S) groups is 1. The highest BCUT2D eigenvalue weighted by Gasteiger charge is 2.10. The first kappa shape index (κ1) is 18.6. The van der Waals surface area contributed by atoms with Gasteiger partial charge >= 0.3 is 6.61 Å². The zero-order chi connectivity index (χ0) is 18.2. The molecule has 0 heterocycles. The molecule has 0 amide bonds. The number of ether oxygens (including phenoxy) is 2. The molecule has 2 N–H and O–H groups in total. The molecule has 0 unspecified atom stereocenters. The number of alkyl halides is 2. The molecule has 132 valence electrons. The minimum absolute atomic E-state index is 0.0424. The van der Waals surface area contributed by atoms with E-state index < -0.39 is 6.61 Å². The Morgan fingerprint density at radius 3 is 2.52 bits per heavy atom. The van der Waals surface area contributed by atoms with Crippen molar-refractivity contribution >= 4 is 29.2 Å². The molecule has 2 aromatic carbocycles. The van der Waals surface area contributed by atoms with Gasteiger partial charge in [-0.05, 0) is 55.0 Å². The number of nitrogens with zero attached hydrogens (tertiary/aromatic N) is 1. The third-order valence-corrected chi connectivity index (χ3v) is 3.29. The molecule has 0 saturated carbocycles. The third-order valence-electron chi connectivity index (χ3n) is 3.09. The number of aryl methyl sites for hydroxylation is 1. The van der Waals surface area contributed by atoms with E-state index in [4.69, 9.17) is 17.0 Å². The Kier molecular flexibility index (Phi) is 6.64. The fourth-order valence-electron chi connectivity index (χ4n) is 1.92. The maximum Gasteiger partial charge on any atom is 0.387 e. The number of nitrogens with one attached hydrogen (secondary N) is 2. The summed E-state index contributed by atoms with van der Waals surface area (Å²) in [6.07, 6.45) is 1.48. The van der Waals surface area contributed by atoms with E-state index in [0.29, 0.717) is 10.7 Å². The van der Waals surface area contributed by atoms with Crippen LogP contribution in [0.25, 0.3) is 0 Å². The molecule has 0 fully saturated rings. The van der Waals surface area contributed by atoms with Gasteiger partial charge in [0, 0.05) is 5.69 Å². The lowest BCUT2D eigenvalue weighted by Crippen LogP contribution is -2.23. The van der Waals surface area contributed by atoms with Crippen molar-refractivity contribution in [2.24, 2.45) is 5.10 Å². The number of hydrogen-bond acceptors (Lipinski definition) is 4. The molecule has 2 rings (SSSR count). The predicted octanol–water partition coefficient (Wildman–Crippen LogP) is 3.93. The molecular formula is C17H17F2N3O2S. The fraction of sp³-hybridized carbons (Fsp3) is 0.176. The highest BCUT2D eigenvalue weighted by Crippen LogP contribution is 2.28. The summed E-state index contributed by atoms with van der Waals surface area (Å²) in [5.74, 6) is 0.142. The summed E-state index contributed by atoms with van der Waals surface area (Å²) in [6.45, 7) is -0.920.